The number of benzene rings is 1. The van der Waals surface area contributed by atoms with Crippen LogP contribution >= 0.6 is 0 Å². The van der Waals surface area contributed by atoms with E-state index >= 15 is 0 Å². The Hall–Kier alpha value is -2.89. The molecular formula is C21H20N2O4. The second-order valence-corrected chi connectivity index (χ2v) is 7.74. The van der Waals surface area contributed by atoms with Crippen LogP contribution in [0.1, 0.15) is 25.1 Å². The smallest absolute Gasteiger partial charge is 0.240 e. The van der Waals surface area contributed by atoms with Crippen LogP contribution < -0.4 is 5.32 Å². The average Bonchev–Trinajstić information content (AvgIpc) is 3.40. The largest absolute Gasteiger partial charge is 0.459 e. The number of nitrogens with one attached hydrogen (secondary N) is 1. The lowest BCUT2D eigenvalue weighted by molar-refractivity contribution is -0.144. The van der Waals surface area contributed by atoms with Gasteiger partial charge in [-0.25, -0.2) is 0 Å². The Morgan fingerprint density at radius 1 is 1.19 bits per heavy atom. The molecule has 5 atom stereocenters. The second kappa shape index (κ2) is 5.81. The zero-order valence-electron chi connectivity index (χ0n) is 14.9. The van der Waals surface area contributed by atoms with Crippen molar-refractivity contribution >= 4 is 28.7 Å². The minimum absolute atomic E-state index is 0.152. The van der Waals surface area contributed by atoms with E-state index in [2.05, 4.69) is 5.32 Å². The molecule has 138 valence electrons. The van der Waals surface area contributed by atoms with E-state index in [-0.39, 0.29) is 54.0 Å². The molecule has 1 aromatic heterocycles. The topological polar surface area (TPSA) is 79.6 Å². The lowest BCUT2D eigenvalue weighted by atomic mass is 9.85. The van der Waals surface area contributed by atoms with E-state index in [1.54, 1.807) is 0 Å². The Bertz CT molecular complexity index is 928. The van der Waals surface area contributed by atoms with Crippen molar-refractivity contribution < 1.29 is 18.8 Å². The summed E-state index contributed by atoms with van der Waals surface area (Å²) < 4.78 is 5.77. The fourth-order valence-electron chi connectivity index (χ4n) is 4.84. The highest BCUT2D eigenvalue weighted by Gasteiger charge is 2.59. The molecule has 1 aliphatic heterocycles. The molecule has 5 unspecified atom stereocenters. The Morgan fingerprint density at radius 3 is 2.52 bits per heavy atom. The van der Waals surface area contributed by atoms with E-state index in [0.717, 1.165) is 22.3 Å². The van der Waals surface area contributed by atoms with Gasteiger partial charge in [-0.3, -0.25) is 19.3 Å². The summed E-state index contributed by atoms with van der Waals surface area (Å²) in [6.07, 6.45) is 4.98. The maximum Gasteiger partial charge on any atom is 0.240 e. The summed E-state index contributed by atoms with van der Waals surface area (Å²) in [5.41, 5.74) is 0.759. The highest BCUT2D eigenvalue weighted by molar-refractivity contribution is 6.08. The molecule has 6 heteroatoms. The minimum atomic E-state index is -0.357. The predicted molar refractivity (Wildman–Crippen MR) is 97.2 cm³/mol. The minimum Gasteiger partial charge on any atom is -0.459 e. The molecule has 2 fully saturated rings. The molecule has 27 heavy (non-hydrogen) atoms. The standard InChI is InChI=1S/C21H20N2O4/c1-11(16-9-12-4-2-3-5-15(12)27-16)22-17(24)10-23-20(25)18-13-6-7-14(8-13)19(18)21(23)26/h2-7,9,11,13-14,18-19H,8,10H2,1H3,(H,22,24). The fraction of sp³-hybridized carbons (Fsp3) is 0.381. The number of amides is 3. The number of para-hydroxylation sites is 1. The van der Waals surface area contributed by atoms with Gasteiger partial charge in [-0.05, 0) is 37.3 Å². The average molecular weight is 364 g/mol. The van der Waals surface area contributed by atoms with Gasteiger partial charge in [0.2, 0.25) is 17.7 Å². The Kier molecular flexibility index (Phi) is 3.50. The van der Waals surface area contributed by atoms with Gasteiger partial charge in [-0.1, -0.05) is 30.4 Å². The van der Waals surface area contributed by atoms with Gasteiger partial charge in [0.25, 0.3) is 0 Å². The normalized spacial score (nSPS) is 29.6. The van der Waals surface area contributed by atoms with Crippen LogP contribution in [0.5, 0.6) is 0 Å². The lowest BCUT2D eigenvalue weighted by Gasteiger charge is -2.18. The number of carbonyl (C=O) groups excluding carboxylic acids is 3. The summed E-state index contributed by atoms with van der Waals surface area (Å²) in [7, 11) is 0. The van der Waals surface area contributed by atoms with E-state index in [1.807, 2.05) is 49.4 Å². The molecule has 0 spiro atoms. The maximum atomic E-state index is 12.7. The van der Waals surface area contributed by atoms with Crippen molar-refractivity contribution in [3.05, 3.63) is 48.2 Å². The molecule has 2 aromatic rings. The van der Waals surface area contributed by atoms with Crippen LogP contribution in [0.4, 0.5) is 0 Å². The Labute approximate surface area is 156 Å². The van der Waals surface area contributed by atoms with Crippen molar-refractivity contribution in [2.45, 2.75) is 19.4 Å². The third-order valence-corrected chi connectivity index (χ3v) is 6.11. The van der Waals surface area contributed by atoms with Gasteiger partial charge in [-0.15, -0.1) is 0 Å². The van der Waals surface area contributed by atoms with Gasteiger partial charge < -0.3 is 9.73 Å². The summed E-state index contributed by atoms with van der Waals surface area (Å²) in [6.45, 7) is 1.59. The van der Waals surface area contributed by atoms with Crippen molar-refractivity contribution in [1.82, 2.24) is 10.2 Å². The molecule has 0 radical (unpaired) electrons. The molecule has 1 aromatic carbocycles. The molecule has 1 saturated carbocycles. The van der Waals surface area contributed by atoms with E-state index in [1.165, 1.54) is 0 Å². The molecule has 3 aliphatic rings. The monoisotopic (exact) mass is 364 g/mol. The van der Waals surface area contributed by atoms with Crippen molar-refractivity contribution in [3.63, 3.8) is 0 Å². The maximum absolute atomic E-state index is 12.7. The van der Waals surface area contributed by atoms with E-state index < -0.39 is 0 Å². The van der Waals surface area contributed by atoms with Gasteiger partial charge in [0.1, 0.15) is 17.9 Å². The van der Waals surface area contributed by atoms with Crippen LogP contribution in [0, 0.1) is 23.7 Å². The third kappa shape index (κ3) is 2.43. The molecule has 1 N–H and O–H groups in total. The van der Waals surface area contributed by atoms with Crippen LogP contribution in [0.15, 0.2) is 46.9 Å². The zero-order chi connectivity index (χ0) is 18.7. The van der Waals surface area contributed by atoms with Crippen molar-refractivity contribution in [1.29, 1.82) is 0 Å². The van der Waals surface area contributed by atoms with Crippen molar-refractivity contribution in [3.8, 4) is 0 Å². The van der Waals surface area contributed by atoms with Crippen molar-refractivity contribution in [2.24, 2.45) is 23.7 Å². The van der Waals surface area contributed by atoms with Gasteiger partial charge >= 0.3 is 0 Å². The first-order chi connectivity index (χ1) is 13.0. The quantitative estimate of drug-likeness (QED) is 0.667. The number of allylic oxidation sites excluding steroid dienone is 2. The SMILES string of the molecule is CC(NC(=O)CN1C(=O)C2C3C=CC(C3)C2C1=O)c1cc2ccccc2o1. The first kappa shape index (κ1) is 16.3. The van der Waals surface area contributed by atoms with Gasteiger partial charge in [0.05, 0.1) is 17.9 Å². The molecular weight excluding hydrogens is 344 g/mol. The molecule has 5 rings (SSSR count). The third-order valence-electron chi connectivity index (χ3n) is 6.11. The predicted octanol–water partition coefficient (Wildman–Crippen LogP) is 2.42. The van der Waals surface area contributed by atoms with Crippen LogP contribution in [0.3, 0.4) is 0 Å². The van der Waals surface area contributed by atoms with E-state index in [0.29, 0.717) is 5.76 Å². The molecule has 2 heterocycles. The first-order valence-corrected chi connectivity index (χ1v) is 9.34. The molecule has 3 amide bonds. The van der Waals surface area contributed by atoms with E-state index in [9.17, 15) is 14.4 Å². The van der Waals surface area contributed by atoms with E-state index in [4.69, 9.17) is 4.42 Å². The zero-order valence-corrected chi connectivity index (χ0v) is 14.9. The molecule has 1 saturated heterocycles. The van der Waals surface area contributed by atoms with Crippen molar-refractivity contribution in [2.75, 3.05) is 6.54 Å². The highest BCUT2D eigenvalue weighted by atomic mass is 16.3. The second-order valence-electron chi connectivity index (χ2n) is 7.74. The van der Waals surface area contributed by atoms with Crippen LogP contribution in [0.2, 0.25) is 0 Å². The summed E-state index contributed by atoms with van der Waals surface area (Å²) in [6, 6.07) is 9.17. The first-order valence-electron chi connectivity index (χ1n) is 9.34. The van der Waals surface area contributed by atoms with Crippen LogP contribution in [-0.4, -0.2) is 29.2 Å². The number of hydrogen-bond acceptors (Lipinski definition) is 4. The number of likely N-dealkylation sites (tertiary alicyclic amines) is 1. The summed E-state index contributed by atoms with van der Waals surface area (Å²) in [5.74, 6) is -0.353. The summed E-state index contributed by atoms with van der Waals surface area (Å²) >= 11 is 0. The van der Waals surface area contributed by atoms with Crippen LogP contribution in [0.25, 0.3) is 11.0 Å². The van der Waals surface area contributed by atoms with Crippen LogP contribution in [-0.2, 0) is 14.4 Å². The number of imide groups is 1. The van der Waals surface area contributed by atoms with Gasteiger partial charge in [0.15, 0.2) is 0 Å². The number of nitrogens with zero attached hydrogens (tertiary/aromatic N) is 1. The number of fused-ring (bicyclic) bond motifs is 6. The fourth-order valence-corrected chi connectivity index (χ4v) is 4.84. The molecule has 2 aliphatic carbocycles. The van der Waals surface area contributed by atoms with Gasteiger partial charge in [-0.2, -0.15) is 0 Å². The number of rotatable bonds is 4. The highest BCUT2D eigenvalue weighted by Crippen LogP contribution is 2.52. The molecule has 2 bridgehead atoms. The number of carbonyl (C=O) groups is 3. The molecule has 6 nitrogen and oxygen atoms in total. The van der Waals surface area contributed by atoms with Gasteiger partial charge in [0, 0.05) is 5.39 Å². The number of furan rings is 1. The Morgan fingerprint density at radius 2 is 1.85 bits per heavy atom. The summed E-state index contributed by atoms with van der Waals surface area (Å²) in [5, 5.41) is 3.80. The number of hydrogen-bond donors (Lipinski definition) is 1. The Balaban J connectivity index is 1.27. The lowest BCUT2D eigenvalue weighted by Crippen LogP contribution is -2.42. The summed E-state index contributed by atoms with van der Waals surface area (Å²) in [4.78, 5) is 39.0.